The molecule has 0 radical (unpaired) electrons. The number of hydrogen-bond donors (Lipinski definition) is 1. The van der Waals surface area contributed by atoms with Gasteiger partial charge in [-0.2, -0.15) is 0 Å². The van der Waals surface area contributed by atoms with Gasteiger partial charge in [0.25, 0.3) is 0 Å². The number of benzene rings is 2. The number of hydrogen-bond acceptors (Lipinski definition) is 3. The van der Waals surface area contributed by atoms with Crippen molar-refractivity contribution in [2.45, 2.75) is 25.5 Å². The molecular weight excluding hydrogens is 396 g/mol. The number of halogens is 2. The van der Waals surface area contributed by atoms with Crippen LogP contribution >= 0.6 is 27.5 Å². The first-order valence-electron chi connectivity index (χ1n) is 7.00. The highest BCUT2D eigenvalue weighted by atomic mass is 79.9. The van der Waals surface area contributed by atoms with Gasteiger partial charge in [0, 0.05) is 26.3 Å². The van der Waals surface area contributed by atoms with E-state index in [0.29, 0.717) is 16.4 Å². The molecule has 0 fully saturated rings. The Labute approximate surface area is 153 Å². The lowest BCUT2D eigenvalue weighted by molar-refractivity contribution is 0.561. The van der Waals surface area contributed by atoms with Crippen LogP contribution in [-0.4, -0.2) is 15.0 Å². The first-order valence-corrected chi connectivity index (χ1v) is 9.28. The van der Waals surface area contributed by atoms with Crippen molar-refractivity contribution >= 4 is 50.3 Å². The zero-order valence-electron chi connectivity index (χ0n) is 13.1. The lowest BCUT2D eigenvalue weighted by Gasteiger charge is -2.20. The lowest BCUT2D eigenvalue weighted by atomic mass is 10.0. The van der Waals surface area contributed by atoms with Gasteiger partial charge in [0.05, 0.1) is 0 Å². The predicted octanol–water partition coefficient (Wildman–Crippen LogP) is 4.98. The summed E-state index contributed by atoms with van der Waals surface area (Å²) in [7, 11) is 0. The molecule has 2 N–H and O–H groups in total. The smallest absolute Gasteiger partial charge is 0.144 e. The standard InChI is InChI=1S/C17H18BrClN2OS/c1-17(2,3)23(22)21-16(11-4-7-13(19)8-5-11)14-10-12(18)6-9-15(14)20/h4-10H,20H2,1-3H3/b21-16+. The van der Waals surface area contributed by atoms with E-state index in [4.69, 9.17) is 17.3 Å². The van der Waals surface area contributed by atoms with E-state index in [9.17, 15) is 4.55 Å². The Bertz CT molecular complexity index is 726. The molecular formula is C17H18BrClN2OS. The van der Waals surface area contributed by atoms with Crippen molar-refractivity contribution in [3.05, 3.63) is 63.1 Å². The Hall–Kier alpha value is -1.01. The molecule has 0 aliphatic heterocycles. The van der Waals surface area contributed by atoms with Crippen molar-refractivity contribution in [3.8, 4) is 0 Å². The normalized spacial score (nSPS) is 13.9. The van der Waals surface area contributed by atoms with Gasteiger partial charge in [-0.3, -0.25) is 0 Å². The minimum atomic E-state index is -1.40. The third-order valence-electron chi connectivity index (χ3n) is 3.09. The molecule has 0 aromatic heterocycles. The summed E-state index contributed by atoms with van der Waals surface area (Å²) in [5.74, 6) is 0. The number of rotatable bonds is 3. The van der Waals surface area contributed by atoms with E-state index in [1.165, 1.54) is 0 Å². The Morgan fingerprint density at radius 3 is 2.35 bits per heavy atom. The van der Waals surface area contributed by atoms with Crippen LogP contribution < -0.4 is 5.73 Å². The molecule has 122 valence electrons. The van der Waals surface area contributed by atoms with Crippen LogP contribution in [0.25, 0.3) is 0 Å². The number of nitrogen functional groups attached to an aromatic ring is 1. The maximum atomic E-state index is 12.5. The molecule has 2 rings (SSSR count). The van der Waals surface area contributed by atoms with Crippen LogP contribution in [0.1, 0.15) is 31.9 Å². The second-order valence-corrected chi connectivity index (χ2v) is 9.30. The molecule has 1 unspecified atom stereocenters. The van der Waals surface area contributed by atoms with Crippen LogP contribution in [0.2, 0.25) is 5.02 Å². The van der Waals surface area contributed by atoms with E-state index in [2.05, 4.69) is 20.3 Å². The van der Waals surface area contributed by atoms with E-state index in [-0.39, 0.29) is 0 Å². The van der Waals surface area contributed by atoms with Gasteiger partial charge >= 0.3 is 0 Å². The van der Waals surface area contributed by atoms with E-state index in [0.717, 1.165) is 15.6 Å². The molecule has 2 aromatic rings. The van der Waals surface area contributed by atoms with Crippen LogP contribution in [0.5, 0.6) is 0 Å². The van der Waals surface area contributed by atoms with Crippen LogP contribution in [0.4, 0.5) is 5.69 Å². The molecule has 0 aliphatic carbocycles. The molecule has 3 nitrogen and oxygen atoms in total. The van der Waals surface area contributed by atoms with Gasteiger partial charge < -0.3 is 10.3 Å². The zero-order chi connectivity index (χ0) is 17.2. The summed E-state index contributed by atoms with van der Waals surface area (Å²) in [6.07, 6.45) is 0. The van der Waals surface area contributed by atoms with Gasteiger partial charge in [-0.05, 0) is 51.1 Å². The van der Waals surface area contributed by atoms with Gasteiger partial charge in [0.15, 0.2) is 0 Å². The largest absolute Gasteiger partial charge is 0.591 e. The molecule has 6 heteroatoms. The third kappa shape index (κ3) is 4.73. The molecule has 0 aliphatic rings. The molecule has 1 atom stereocenters. The van der Waals surface area contributed by atoms with Crippen molar-refractivity contribution in [2.24, 2.45) is 4.40 Å². The average Bonchev–Trinajstić information content (AvgIpc) is 2.47. The van der Waals surface area contributed by atoms with Crippen LogP contribution in [-0.2, 0) is 11.4 Å². The third-order valence-corrected chi connectivity index (χ3v) is 5.23. The fourth-order valence-electron chi connectivity index (χ4n) is 1.82. The van der Waals surface area contributed by atoms with E-state index in [1.54, 1.807) is 18.2 Å². The molecule has 0 saturated heterocycles. The summed E-state index contributed by atoms with van der Waals surface area (Å²) in [4.78, 5) is 0. The molecule has 0 saturated carbocycles. The molecule has 23 heavy (non-hydrogen) atoms. The van der Waals surface area contributed by atoms with Crippen LogP contribution in [0.15, 0.2) is 51.3 Å². The summed E-state index contributed by atoms with van der Waals surface area (Å²) in [5, 5.41) is 0.632. The van der Waals surface area contributed by atoms with Gasteiger partial charge in [-0.1, -0.05) is 44.1 Å². The van der Waals surface area contributed by atoms with Crippen molar-refractivity contribution in [1.29, 1.82) is 0 Å². The fraction of sp³-hybridized carbons (Fsp3) is 0.235. The van der Waals surface area contributed by atoms with E-state index in [1.807, 2.05) is 45.0 Å². The maximum Gasteiger partial charge on any atom is 0.144 e. The first kappa shape index (κ1) is 18.3. The van der Waals surface area contributed by atoms with Crippen LogP contribution in [0, 0.1) is 0 Å². The fourth-order valence-corrected chi connectivity index (χ4v) is 2.95. The van der Waals surface area contributed by atoms with Crippen molar-refractivity contribution in [3.63, 3.8) is 0 Å². The molecule has 0 spiro atoms. The highest BCUT2D eigenvalue weighted by Gasteiger charge is 2.28. The number of anilines is 1. The highest BCUT2D eigenvalue weighted by Crippen LogP contribution is 2.26. The van der Waals surface area contributed by atoms with E-state index >= 15 is 0 Å². The van der Waals surface area contributed by atoms with Crippen molar-refractivity contribution < 1.29 is 4.55 Å². The summed E-state index contributed by atoms with van der Waals surface area (Å²) in [5.41, 5.74) is 8.84. The Balaban J connectivity index is 2.62. The number of nitrogens with two attached hydrogens (primary N) is 1. The Morgan fingerprint density at radius 1 is 1.17 bits per heavy atom. The minimum Gasteiger partial charge on any atom is -0.591 e. The van der Waals surface area contributed by atoms with Crippen LogP contribution in [0.3, 0.4) is 0 Å². The first-order chi connectivity index (χ1) is 10.7. The summed E-state index contributed by atoms with van der Waals surface area (Å²) >= 11 is 8.01. The molecule has 0 amide bonds. The summed E-state index contributed by atoms with van der Waals surface area (Å²) in [6.45, 7) is 5.66. The highest BCUT2D eigenvalue weighted by molar-refractivity contribution is 9.10. The van der Waals surface area contributed by atoms with Crippen molar-refractivity contribution in [1.82, 2.24) is 0 Å². The van der Waals surface area contributed by atoms with Crippen molar-refractivity contribution in [2.75, 3.05) is 5.73 Å². The predicted molar refractivity (Wildman–Crippen MR) is 104 cm³/mol. The monoisotopic (exact) mass is 412 g/mol. The topological polar surface area (TPSA) is 61.4 Å². The van der Waals surface area contributed by atoms with Gasteiger partial charge in [0.1, 0.15) is 21.8 Å². The van der Waals surface area contributed by atoms with E-state index < -0.39 is 16.1 Å². The Morgan fingerprint density at radius 2 is 1.78 bits per heavy atom. The quantitative estimate of drug-likeness (QED) is 0.438. The second kappa shape index (κ2) is 7.26. The Kier molecular flexibility index (Phi) is 5.79. The molecule has 0 bridgehead atoms. The summed E-state index contributed by atoms with van der Waals surface area (Å²) in [6, 6.07) is 12.8. The van der Waals surface area contributed by atoms with Gasteiger partial charge in [-0.15, -0.1) is 0 Å². The molecule has 0 heterocycles. The maximum absolute atomic E-state index is 12.5. The average molecular weight is 414 g/mol. The van der Waals surface area contributed by atoms with Gasteiger partial charge in [-0.25, -0.2) is 0 Å². The zero-order valence-corrected chi connectivity index (χ0v) is 16.3. The second-order valence-electron chi connectivity index (χ2n) is 6.04. The SMILES string of the molecule is CC(C)(C)[S+]([O-])/N=C(\c1ccc(Cl)cc1)c1cc(Br)ccc1N. The lowest BCUT2D eigenvalue weighted by Crippen LogP contribution is -2.27. The summed E-state index contributed by atoms with van der Waals surface area (Å²) < 4.78 is 17.4. The van der Waals surface area contributed by atoms with Gasteiger partial charge in [0.2, 0.25) is 0 Å². The molecule has 2 aromatic carbocycles. The number of nitrogens with zero attached hydrogens (tertiary/aromatic N) is 1. The minimum absolute atomic E-state index is 0.460.